The second-order valence-electron chi connectivity index (χ2n) is 5.51. The zero-order valence-corrected chi connectivity index (χ0v) is 15.6. The Kier molecular flexibility index (Phi) is 7.28. The van der Waals surface area contributed by atoms with Crippen LogP contribution in [0.15, 0.2) is 53.0 Å². The smallest absolute Gasteiger partial charge is 0.258 e. The first-order valence-electron chi connectivity index (χ1n) is 8.06. The average Bonchev–Trinajstić information content (AvgIpc) is 2.59. The number of hydrogen-bond donors (Lipinski definition) is 2. The number of carbonyl (C=O) groups is 1. The number of nitrogens with one attached hydrogen (secondary N) is 2. The molecule has 0 spiro atoms. The van der Waals surface area contributed by atoms with Gasteiger partial charge in [0.05, 0.1) is 0 Å². The van der Waals surface area contributed by atoms with Crippen molar-refractivity contribution in [3.05, 3.63) is 64.1 Å². The first-order chi connectivity index (χ1) is 11.6. The van der Waals surface area contributed by atoms with Gasteiger partial charge in [0.25, 0.3) is 5.91 Å². The van der Waals surface area contributed by atoms with E-state index in [9.17, 15) is 4.79 Å². The Morgan fingerprint density at radius 1 is 1.21 bits per heavy atom. The molecule has 0 aliphatic heterocycles. The second kappa shape index (κ2) is 9.45. The van der Waals surface area contributed by atoms with Crippen LogP contribution < -0.4 is 15.4 Å². The standard InChI is InChI=1S/C19H23BrN2O2/c1-3-21-14(2)17-10-9-16(20)11-18(17)24-13-19(23)22-12-15-7-5-4-6-8-15/h4-11,14,21H,3,12-13H2,1-2H3,(H,22,23). The van der Waals surface area contributed by atoms with Crippen molar-refractivity contribution in [2.24, 2.45) is 0 Å². The van der Waals surface area contributed by atoms with E-state index in [1.807, 2.05) is 48.5 Å². The maximum absolute atomic E-state index is 12.0. The molecular weight excluding hydrogens is 368 g/mol. The average molecular weight is 391 g/mol. The summed E-state index contributed by atoms with van der Waals surface area (Å²) in [5.74, 6) is 0.577. The number of rotatable bonds is 8. The number of benzene rings is 2. The Morgan fingerprint density at radius 2 is 1.96 bits per heavy atom. The van der Waals surface area contributed by atoms with Crippen LogP contribution in [0.4, 0.5) is 0 Å². The maximum Gasteiger partial charge on any atom is 0.258 e. The third-order valence-electron chi connectivity index (χ3n) is 3.64. The number of carbonyl (C=O) groups excluding carboxylic acids is 1. The van der Waals surface area contributed by atoms with Crippen LogP contribution in [0.1, 0.15) is 31.0 Å². The van der Waals surface area contributed by atoms with Crippen molar-refractivity contribution in [3.63, 3.8) is 0 Å². The lowest BCUT2D eigenvalue weighted by atomic mass is 10.1. The van der Waals surface area contributed by atoms with E-state index in [1.165, 1.54) is 0 Å². The summed E-state index contributed by atoms with van der Waals surface area (Å²) in [6.07, 6.45) is 0. The van der Waals surface area contributed by atoms with Crippen LogP contribution in [0.5, 0.6) is 5.75 Å². The summed E-state index contributed by atoms with van der Waals surface area (Å²) in [5, 5.41) is 6.23. The fraction of sp³-hybridized carbons (Fsp3) is 0.316. The number of halogens is 1. The van der Waals surface area contributed by atoms with Crippen molar-refractivity contribution < 1.29 is 9.53 Å². The van der Waals surface area contributed by atoms with Crippen LogP contribution in [0.3, 0.4) is 0 Å². The van der Waals surface area contributed by atoms with Crippen LogP contribution in [-0.2, 0) is 11.3 Å². The maximum atomic E-state index is 12.0. The van der Waals surface area contributed by atoms with E-state index in [2.05, 4.69) is 40.4 Å². The minimum atomic E-state index is -0.138. The number of ether oxygens (including phenoxy) is 1. The van der Waals surface area contributed by atoms with Gasteiger partial charge in [0.15, 0.2) is 6.61 Å². The molecule has 2 rings (SSSR count). The topological polar surface area (TPSA) is 50.4 Å². The molecule has 128 valence electrons. The fourth-order valence-electron chi connectivity index (χ4n) is 2.40. The molecule has 0 saturated heterocycles. The van der Waals surface area contributed by atoms with Crippen molar-refractivity contribution in [3.8, 4) is 5.75 Å². The zero-order valence-electron chi connectivity index (χ0n) is 14.0. The van der Waals surface area contributed by atoms with Crippen LogP contribution in [0.2, 0.25) is 0 Å². The van der Waals surface area contributed by atoms with Gasteiger partial charge in [-0.3, -0.25) is 4.79 Å². The molecule has 1 unspecified atom stereocenters. The SMILES string of the molecule is CCNC(C)c1ccc(Br)cc1OCC(=O)NCc1ccccc1. The number of hydrogen-bond acceptors (Lipinski definition) is 3. The molecule has 1 atom stereocenters. The molecule has 0 saturated carbocycles. The lowest BCUT2D eigenvalue weighted by Crippen LogP contribution is -2.28. The second-order valence-corrected chi connectivity index (χ2v) is 6.43. The van der Waals surface area contributed by atoms with Gasteiger partial charge in [-0.2, -0.15) is 0 Å². The molecule has 1 amide bonds. The molecule has 2 N–H and O–H groups in total. The van der Waals surface area contributed by atoms with E-state index in [4.69, 9.17) is 4.74 Å². The van der Waals surface area contributed by atoms with Gasteiger partial charge in [0.1, 0.15) is 5.75 Å². The molecule has 5 heteroatoms. The predicted molar refractivity (Wildman–Crippen MR) is 100 cm³/mol. The van der Waals surface area contributed by atoms with Crippen molar-refractivity contribution in [1.82, 2.24) is 10.6 Å². The molecule has 2 aromatic carbocycles. The Bertz CT molecular complexity index is 662. The van der Waals surface area contributed by atoms with Crippen molar-refractivity contribution in [1.29, 1.82) is 0 Å². The summed E-state index contributed by atoms with van der Waals surface area (Å²) in [5.41, 5.74) is 2.10. The summed E-state index contributed by atoms with van der Waals surface area (Å²) >= 11 is 3.45. The Morgan fingerprint density at radius 3 is 2.67 bits per heavy atom. The molecule has 0 aliphatic carbocycles. The van der Waals surface area contributed by atoms with Crippen LogP contribution in [0, 0.1) is 0 Å². The third-order valence-corrected chi connectivity index (χ3v) is 4.14. The minimum absolute atomic E-state index is 0.00483. The summed E-state index contributed by atoms with van der Waals surface area (Å²) in [6, 6.07) is 15.9. The predicted octanol–water partition coefficient (Wildman–Crippen LogP) is 3.81. The Labute approximate surface area is 151 Å². The molecule has 0 heterocycles. The van der Waals surface area contributed by atoms with Gasteiger partial charge in [0.2, 0.25) is 0 Å². The van der Waals surface area contributed by atoms with Gasteiger partial charge < -0.3 is 15.4 Å². The van der Waals surface area contributed by atoms with Gasteiger partial charge in [-0.05, 0) is 31.2 Å². The summed E-state index contributed by atoms with van der Waals surface area (Å²) in [7, 11) is 0. The third kappa shape index (κ3) is 5.65. The first kappa shape index (κ1) is 18.5. The molecule has 0 aliphatic rings. The Hall–Kier alpha value is -1.85. The normalized spacial score (nSPS) is 11.8. The molecule has 0 bridgehead atoms. The van der Waals surface area contributed by atoms with Crippen LogP contribution in [-0.4, -0.2) is 19.1 Å². The highest BCUT2D eigenvalue weighted by atomic mass is 79.9. The highest BCUT2D eigenvalue weighted by Gasteiger charge is 2.13. The summed E-state index contributed by atoms with van der Waals surface area (Å²) in [6.45, 7) is 5.51. The Balaban J connectivity index is 1.93. The quantitative estimate of drug-likeness (QED) is 0.720. The fourth-order valence-corrected chi connectivity index (χ4v) is 2.74. The van der Waals surface area contributed by atoms with Crippen molar-refractivity contribution >= 4 is 21.8 Å². The van der Waals surface area contributed by atoms with E-state index in [0.29, 0.717) is 12.3 Å². The highest BCUT2D eigenvalue weighted by molar-refractivity contribution is 9.10. The van der Waals surface area contributed by atoms with Gasteiger partial charge in [-0.15, -0.1) is 0 Å². The van der Waals surface area contributed by atoms with Gasteiger partial charge in [-0.1, -0.05) is 59.3 Å². The summed E-state index contributed by atoms with van der Waals surface area (Å²) < 4.78 is 6.68. The summed E-state index contributed by atoms with van der Waals surface area (Å²) in [4.78, 5) is 12.0. The first-order valence-corrected chi connectivity index (χ1v) is 8.85. The monoisotopic (exact) mass is 390 g/mol. The van der Waals surface area contributed by atoms with Gasteiger partial charge in [0, 0.05) is 22.6 Å². The van der Waals surface area contributed by atoms with E-state index in [0.717, 1.165) is 22.1 Å². The lowest BCUT2D eigenvalue weighted by molar-refractivity contribution is -0.123. The van der Waals surface area contributed by atoms with E-state index in [-0.39, 0.29) is 18.6 Å². The molecule has 0 fully saturated rings. The van der Waals surface area contributed by atoms with Crippen molar-refractivity contribution in [2.45, 2.75) is 26.4 Å². The van der Waals surface area contributed by atoms with Crippen molar-refractivity contribution in [2.75, 3.05) is 13.2 Å². The lowest BCUT2D eigenvalue weighted by Gasteiger charge is -2.18. The molecule has 4 nitrogen and oxygen atoms in total. The highest BCUT2D eigenvalue weighted by Crippen LogP contribution is 2.28. The van der Waals surface area contributed by atoms with Gasteiger partial charge >= 0.3 is 0 Å². The van der Waals surface area contributed by atoms with Crippen LogP contribution in [0.25, 0.3) is 0 Å². The van der Waals surface area contributed by atoms with E-state index >= 15 is 0 Å². The van der Waals surface area contributed by atoms with E-state index < -0.39 is 0 Å². The van der Waals surface area contributed by atoms with E-state index in [1.54, 1.807) is 0 Å². The molecule has 2 aromatic rings. The number of amides is 1. The molecule has 0 radical (unpaired) electrons. The zero-order chi connectivity index (χ0) is 17.4. The molecular formula is C19H23BrN2O2. The molecule has 24 heavy (non-hydrogen) atoms. The molecule has 0 aromatic heterocycles. The minimum Gasteiger partial charge on any atom is -0.483 e. The van der Waals surface area contributed by atoms with Gasteiger partial charge in [-0.25, -0.2) is 0 Å². The van der Waals surface area contributed by atoms with Crippen LogP contribution >= 0.6 is 15.9 Å². The largest absolute Gasteiger partial charge is 0.483 e.